The summed E-state index contributed by atoms with van der Waals surface area (Å²) >= 11 is 4.88. The van der Waals surface area contributed by atoms with Crippen LogP contribution >= 0.6 is 12.2 Å². The van der Waals surface area contributed by atoms with E-state index in [1.54, 1.807) is 0 Å². The predicted molar refractivity (Wildman–Crippen MR) is 67.6 cm³/mol. The zero-order valence-corrected chi connectivity index (χ0v) is 10.6. The van der Waals surface area contributed by atoms with Gasteiger partial charge in [-0.3, -0.25) is 0 Å². The highest BCUT2D eigenvalue weighted by molar-refractivity contribution is 7.80. The lowest BCUT2D eigenvalue weighted by Gasteiger charge is -2.24. The number of thiocarbonyl (C=S) groups is 1. The number of hydrogen-bond donors (Lipinski definition) is 1. The molecule has 0 atom stereocenters. The summed E-state index contributed by atoms with van der Waals surface area (Å²) in [5.74, 6) is 0.821. The third-order valence-corrected chi connectivity index (χ3v) is 3.00. The maximum Gasteiger partial charge on any atom is 0.0740 e. The molecule has 84 valence electrons. The predicted octanol–water partition coefficient (Wildman–Crippen LogP) is 2.42. The normalized spacial score (nSPS) is 11.2. The van der Waals surface area contributed by atoms with Crippen molar-refractivity contribution in [3.8, 4) is 0 Å². The van der Waals surface area contributed by atoms with Gasteiger partial charge in [0.1, 0.15) is 0 Å². The molecule has 0 radical (unpaired) electrons. The van der Waals surface area contributed by atoms with E-state index in [-0.39, 0.29) is 0 Å². The molecular formula is C11H24N2S. The van der Waals surface area contributed by atoms with Crippen molar-refractivity contribution in [2.75, 3.05) is 19.6 Å². The van der Waals surface area contributed by atoms with Crippen molar-refractivity contribution in [2.24, 2.45) is 11.7 Å². The van der Waals surface area contributed by atoms with E-state index in [1.165, 1.54) is 19.4 Å². The van der Waals surface area contributed by atoms with E-state index in [0.29, 0.717) is 4.99 Å². The largest absolute Gasteiger partial charge is 0.393 e. The van der Waals surface area contributed by atoms with Crippen LogP contribution in [0.1, 0.15) is 40.0 Å². The fourth-order valence-corrected chi connectivity index (χ4v) is 1.65. The molecule has 2 N–H and O–H groups in total. The topological polar surface area (TPSA) is 29.3 Å². The van der Waals surface area contributed by atoms with E-state index < -0.39 is 0 Å². The van der Waals surface area contributed by atoms with Gasteiger partial charge < -0.3 is 10.6 Å². The molecule has 14 heavy (non-hydrogen) atoms. The molecule has 0 fully saturated rings. The first-order valence-electron chi connectivity index (χ1n) is 5.64. The van der Waals surface area contributed by atoms with Crippen LogP contribution in [0.3, 0.4) is 0 Å². The summed E-state index contributed by atoms with van der Waals surface area (Å²) in [4.78, 5) is 3.07. The molecule has 3 heteroatoms. The van der Waals surface area contributed by atoms with Crippen molar-refractivity contribution in [1.82, 2.24) is 4.90 Å². The maximum atomic E-state index is 5.50. The van der Waals surface area contributed by atoms with Gasteiger partial charge in [-0.15, -0.1) is 0 Å². The van der Waals surface area contributed by atoms with Crippen LogP contribution in [0.25, 0.3) is 0 Å². The lowest BCUT2D eigenvalue weighted by atomic mass is 10.0. The Kier molecular flexibility index (Phi) is 8.09. The SMILES string of the molecule is CCC(CC)CN(CC)CCC(N)=S. The Morgan fingerprint density at radius 2 is 1.86 bits per heavy atom. The number of rotatable bonds is 8. The van der Waals surface area contributed by atoms with Gasteiger partial charge in [0.2, 0.25) is 0 Å². The average molecular weight is 216 g/mol. The Labute approximate surface area is 93.8 Å². The first kappa shape index (κ1) is 13.8. The van der Waals surface area contributed by atoms with Gasteiger partial charge in [-0.25, -0.2) is 0 Å². The molecule has 0 aromatic rings. The van der Waals surface area contributed by atoms with Gasteiger partial charge in [0, 0.05) is 19.5 Å². The molecule has 0 saturated carbocycles. The minimum atomic E-state index is 0.632. The molecule has 0 heterocycles. The third kappa shape index (κ3) is 6.33. The monoisotopic (exact) mass is 216 g/mol. The Morgan fingerprint density at radius 3 is 2.21 bits per heavy atom. The highest BCUT2D eigenvalue weighted by atomic mass is 32.1. The van der Waals surface area contributed by atoms with Crippen molar-refractivity contribution in [1.29, 1.82) is 0 Å². The first-order valence-corrected chi connectivity index (χ1v) is 6.05. The molecule has 2 nitrogen and oxygen atoms in total. The van der Waals surface area contributed by atoms with Crippen LogP contribution in [-0.2, 0) is 0 Å². The van der Waals surface area contributed by atoms with Gasteiger partial charge in [-0.05, 0) is 12.5 Å². The van der Waals surface area contributed by atoms with E-state index in [9.17, 15) is 0 Å². The Bertz CT molecular complexity index is 155. The van der Waals surface area contributed by atoms with Crippen molar-refractivity contribution in [3.05, 3.63) is 0 Å². The summed E-state index contributed by atoms with van der Waals surface area (Å²) in [6.45, 7) is 10.0. The summed E-state index contributed by atoms with van der Waals surface area (Å²) in [6, 6.07) is 0. The average Bonchev–Trinajstić information content (AvgIpc) is 2.18. The standard InChI is InChI=1S/C11H24N2S/c1-4-10(5-2)9-13(6-3)8-7-11(12)14/h10H,4-9H2,1-3H3,(H2,12,14). The molecular weight excluding hydrogens is 192 g/mol. The van der Waals surface area contributed by atoms with Crippen molar-refractivity contribution < 1.29 is 0 Å². The minimum Gasteiger partial charge on any atom is -0.393 e. The van der Waals surface area contributed by atoms with Crippen molar-refractivity contribution >= 4 is 17.2 Å². The highest BCUT2D eigenvalue weighted by Crippen LogP contribution is 2.09. The van der Waals surface area contributed by atoms with Crippen LogP contribution < -0.4 is 5.73 Å². The summed E-state index contributed by atoms with van der Waals surface area (Å²) < 4.78 is 0. The summed E-state index contributed by atoms with van der Waals surface area (Å²) in [5, 5.41) is 0. The fraction of sp³-hybridized carbons (Fsp3) is 0.909. The molecule has 0 rings (SSSR count). The quantitative estimate of drug-likeness (QED) is 0.632. The second kappa shape index (κ2) is 8.18. The van der Waals surface area contributed by atoms with E-state index in [2.05, 4.69) is 25.7 Å². The summed E-state index contributed by atoms with van der Waals surface area (Å²) in [7, 11) is 0. The van der Waals surface area contributed by atoms with Gasteiger partial charge in [-0.2, -0.15) is 0 Å². The molecule has 0 aliphatic rings. The second-order valence-electron chi connectivity index (χ2n) is 3.79. The molecule has 0 aliphatic heterocycles. The molecule has 0 unspecified atom stereocenters. The third-order valence-electron chi connectivity index (χ3n) is 2.79. The van der Waals surface area contributed by atoms with E-state index in [4.69, 9.17) is 18.0 Å². The van der Waals surface area contributed by atoms with Crippen LogP contribution in [0.2, 0.25) is 0 Å². The van der Waals surface area contributed by atoms with Crippen LogP contribution in [0.5, 0.6) is 0 Å². The molecule has 0 aromatic carbocycles. The highest BCUT2D eigenvalue weighted by Gasteiger charge is 2.09. The number of hydrogen-bond acceptors (Lipinski definition) is 2. The summed E-state index contributed by atoms with van der Waals surface area (Å²) in [6.07, 6.45) is 3.38. The molecule has 0 spiro atoms. The van der Waals surface area contributed by atoms with E-state index in [1.807, 2.05) is 0 Å². The summed E-state index contributed by atoms with van der Waals surface area (Å²) in [5.41, 5.74) is 5.50. The molecule has 0 saturated heterocycles. The van der Waals surface area contributed by atoms with E-state index in [0.717, 1.165) is 25.4 Å². The lowest BCUT2D eigenvalue weighted by molar-refractivity contribution is 0.239. The maximum absolute atomic E-state index is 5.50. The molecule has 0 aliphatic carbocycles. The van der Waals surface area contributed by atoms with E-state index >= 15 is 0 Å². The lowest BCUT2D eigenvalue weighted by Crippen LogP contribution is -2.32. The van der Waals surface area contributed by atoms with Gasteiger partial charge in [0.05, 0.1) is 4.99 Å². The van der Waals surface area contributed by atoms with Gasteiger partial charge >= 0.3 is 0 Å². The molecule has 0 bridgehead atoms. The Hall–Kier alpha value is -0.150. The van der Waals surface area contributed by atoms with Gasteiger partial charge in [0.25, 0.3) is 0 Å². The Morgan fingerprint density at radius 1 is 1.29 bits per heavy atom. The van der Waals surface area contributed by atoms with Crippen LogP contribution in [-0.4, -0.2) is 29.5 Å². The fourth-order valence-electron chi connectivity index (χ4n) is 1.56. The second-order valence-corrected chi connectivity index (χ2v) is 4.32. The van der Waals surface area contributed by atoms with Crippen molar-refractivity contribution in [3.63, 3.8) is 0 Å². The van der Waals surface area contributed by atoms with Crippen molar-refractivity contribution in [2.45, 2.75) is 40.0 Å². The number of nitrogens with two attached hydrogens (primary N) is 1. The smallest absolute Gasteiger partial charge is 0.0740 e. The zero-order valence-electron chi connectivity index (χ0n) is 9.75. The number of nitrogens with zero attached hydrogens (tertiary/aromatic N) is 1. The van der Waals surface area contributed by atoms with Crippen LogP contribution in [0.4, 0.5) is 0 Å². The first-order chi connectivity index (χ1) is 6.63. The molecule has 0 aromatic heterocycles. The Balaban J connectivity index is 3.82. The zero-order chi connectivity index (χ0) is 11.0. The van der Waals surface area contributed by atoms with Crippen LogP contribution in [0, 0.1) is 5.92 Å². The van der Waals surface area contributed by atoms with Crippen LogP contribution in [0.15, 0.2) is 0 Å². The molecule has 0 amide bonds. The van der Waals surface area contributed by atoms with Gasteiger partial charge in [0.15, 0.2) is 0 Å². The van der Waals surface area contributed by atoms with Gasteiger partial charge in [-0.1, -0.05) is 45.8 Å². The minimum absolute atomic E-state index is 0.632.